The van der Waals surface area contributed by atoms with Crippen molar-refractivity contribution in [3.63, 3.8) is 0 Å². The average Bonchev–Trinajstić information content (AvgIpc) is 2.14. The van der Waals surface area contributed by atoms with Gasteiger partial charge in [0.05, 0.1) is 5.69 Å². The van der Waals surface area contributed by atoms with Gasteiger partial charge in [-0.2, -0.15) is 0 Å². The molecule has 1 aliphatic rings. The van der Waals surface area contributed by atoms with Crippen LogP contribution in [0.3, 0.4) is 0 Å². The summed E-state index contributed by atoms with van der Waals surface area (Å²) in [5.41, 5.74) is 1.90. The third kappa shape index (κ3) is 1.76. The Labute approximate surface area is 103 Å². The highest BCUT2D eigenvalue weighted by atomic mass is 79.9. The highest BCUT2D eigenvalue weighted by Gasteiger charge is 2.34. The second-order valence-corrected chi connectivity index (χ2v) is 5.36. The highest BCUT2D eigenvalue weighted by molar-refractivity contribution is 9.10. The van der Waals surface area contributed by atoms with Gasteiger partial charge in [-0.3, -0.25) is 0 Å². The number of fused-ring (bicyclic) bond motifs is 1. The molecule has 0 unspecified atom stereocenters. The molecule has 0 radical (unpaired) electrons. The second kappa shape index (κ2) is 3.46. The van der Waals surface area contributed by atoms with Crippen LogP contribution in [-0.4, -0.2) is 12.2 Å². The minimum atomic E-state index is -0.358. The predicted octanol–water partition coefficient (Wildman–Crippen LogP) is 3.44. The van der Waals surface area contributed by atoms with Crippen molar-refractivity contribution in [1.29, 1.82) is 0 Å². The summed E-state index contributed by atoms with van der Waals surface area (Å²) in [4.78, 5) is 1.89. The number of rotatable bonds is 0. The molecule has 2 rings (SSSR count). The van der Waals surface area contributed by atoms with Gasteiger partial charge in [-0.05, 0) is 44.3 Å². The van der Waals surface area contributed by atoms with E-state index in [1.54, 1.807) is 0 Å². The molecule has 1 heterocycles. The quantitative estimate of drug-likeness (QED) is 0.678. The molecule has 0 fully saturated rings. The standard InChI is InChI=1S/C11H12BrNOS/c1-11(2)8-6-7(12)4-5-9(8)13(3)10(15)14-11/h4-6H,1-3H3. The number of hydrogen-bond acceptors (Lipinski definition) is 2. The van der Waals surface area contributed by atoms with E-state index in [-0.39, 0.29) is 5.60 Å². The van der Waals surface area contributed by atoms with Gasteiger partial charge >= 0.3 is 0 Å². The number of ether oxygens (including phenoxy) is 1. The predicted molar refractivity (Wildman–Crippen MR) is 69.3 cm³/mol. The number of hydrogen-bond donors (Lipinski definition) is 0. The van der Waals surface area contributed by atoms with Crippen LogP contribution in [0, 0.1) is 0 Å². The van der Waals surface area contributed by atoms with E-state index < -0.39 is 0 Å². The van der Waals surface area contributed by atoms with Gasteiger partial charge in [0.15, 0.2) is 0 Å². The topological polar surface area (TPSA) is 12.5 Å². The molecule has 0 bridgehead atoms. The van der Waals surface area contributed by atoms with Gasteiger partial charge in [0.1, 0.15) is 5.60 Å². The van der Waals surface area contributed by atoms with Gasteiger partial charge in [-0.1, -0.05) is 15.9 Å². The van der Waals surface area contributed by atoms with Crippen molar-refractivity contribution in [2.24, 2.45) is 0 Å². The molecule has 0 aliphatic carbocycles. The largest absolute Gasteiger partial charge is 0.460 e. The Kier molecular flexibility index (Phi) is 2.51. The molecule has 2 nitrogen and oxygen atoms in total. The smallest absolute Gasteiger partial charge is 0.264 e. The van der Waals surface area contributed by atoms with Crippen LogP contribution in [0.1, 0.15) is 19.4 Å². The summed E-state index contributed by atoms with van der Waals surface area (Å²) in [7, 11) is 1.92. The van der Waals surface area contributed by atoms with Crippen LogP contribution in [0.15, 0.2) is 22.7 Å². The Bertz CT molecular complexity index is 431. The molecular formula is C11H12BrNOS. The minimum absolute atomic E-state index is 0.358. The Balaban J connectivity index is 2.64. The molecule has 4 heteroatoms. The van der Waals surface area contributed by atoms with Gasteiger partial charge in [0.25, 0.3) is 5.17 Å². The first kappa shape index (κ1) is 10.9. The van der Waals surface area contributed by atoms with Crippen LogP contribution >= 0.6 is 28.1 Å². The van der Waals surface area contributed by atoms with Crippen molar-refractivity contribution in [2.75, 3.05) is 11.9 Å². The molecule has 1 aliphatic heterocycles. The van der Waals surface area contributed by atoms with Gasteiger partial charge in [0, 0.05) is 17.1 Å². The van der Waals surface area contributed by atoms with E-state index in [9.17, 15) is 0 Å². The fourth-order valence-corrected chi connectivity index (χ4v) is 2.39. The Morgan fingerprint density at radius 2 is 2.07 bits per heavy atom. The zero-order chi connectivity index (χ0) is 11.2. The van der Waals surface area contributed by atoms with Crippen LogP contribution in [0.2, 0.25) is 0 Å². The third-order valence-electron chi connectivity index (χ3n) is 2.58. The molecule has 0 saturated heterocycles. The Morgan fingerprint density at radius 3 is 2.73 bits per heavy atom. The van der Waals surface area contributed by atoms with E-state index in [1.165, 1.54) is 0 Å². The molecule has 15 heavy (non-hydrogen) atoms. The lowest BCUT2D eigenvalue weighted by Crippen LogP contribution is -2.40. The maximum atomic E-state index is 5.70. The first-order valence-corrected chi connectivity index (χ1v) is 5.89. The summed E-state index contributed by atoms with van der Waals surface area (Å²) < 4.78 is 6.76. The highest BCUT2D eigenvalue weighted by Crippen LogP contribution is 2.39. The number of benzene rings is 1. The van der Waals surface area contributed by atoms with Crippen molar-refractivity contribution in [2.45, 2.75) is 19.4 Å². The zero-order valence-electron chi connectivity index (χ0n) is 8.87. The molecule has 0 aromatic heterocycles. The van der Waals surface area contributed by atoms with Crippen molar-refractivity contribution in [3.05, 3.63) is 28.2 Å². The molecule has 1 aromatic rings. The van der Waals surface area contributed by atoms with E-state index in [2.05, 4.69) is 28.1 Å². The van der Waals surface area contributed by atoms with E-state index in [4.69, 9.17) is 17.0 Å². The number of halogens is 1. The van der Waals surface area contributed by atoms with Crippen LogP contribution in [-0.2, 0) is 10.3 Å². The van der Waals surface area contributed by atoms with Crippen molar-refractivity contribution < 1.29 is 4.74 Å². The molecule has 0 saturated carbocycles. The lowest BCUT2D eigenvalue weighted by molar-refractivity contribution is 0.0903. The lowest BCUT2D eigenvalue weighted by atomic mass is 9.94. The first-order chi connectivity index (χ1) is 6.92. The van der Waals surface area contributed by atoms with E-state index >= 15 is 0 Å². The summed E-state index contributed by atoms with van der Waals surface area (Å²) in [6, 6.07) is 6.14. The minimum Gasteiger partial charge on any atom is -0.460 e. The van der Waals surface area contributed by atoms with Crippen LogP contribution in [0.4, 0.5) is 5.69 Å². The fraction of sp³-hybridized carbons (Fsp3) is 0.364. The zero-order valence-corrected chi connectivity index (χ0v) is 11.3. The lowest BCUT2D eigenvalue weighted by Gasteiger charge is -2.38. The summed E-state index contributed by atoms with van der Waals surface area (Å²) in [6.07, 6.45) is 0. The molecule has 1 aromatic carbocycles. The normalized spacial score (nSPS) is 18.4. The summed E-state index contributed by atoms with van der Waals surface area (Å²) >= 11 is 8.65. The fourth-order valence-electron chi connectivity index (χ4n) is 1.72. The summed E-state index contributed by atoms with van der Waals surface area (Å²) in [6.45, 7) is 4.05. The molecule has 0 spiro atoms. The van der Waals surface area contributed by atoms with Gasteiger partial charge in [-0.15, -0.1) is 0 Å². The van der Waals surface area contributed by atoms with Gasteiger partial charge < -0.3 is 9.64 Å². The van der Waals surface area contributed by atoms with Crippen molar-refractivity contribution in [3.8, 4) is 0 Å². The van der Waals surface area contributed by atoms with E-state index in [0.717, 1.165) is 15.7 Å². The molecule has 80 valence electrons. The Hall–Kier alpha value is -0.610. The maximum absolute atomic E-state index is 5.70. The first-order valence-electron chi connectivity index (χ1n) is 4.68. The Morgan fingerprint density at radius 1 is 1.40 bits per heavy atom. The average molecular weight is 286 g/mol. The third-order valence-corrected chi connectivity index (χ3v) is 3.44. The van der Waals surface area contributed by atoms with Gasteiger partial charge in [0.2, 0.25) is 0 Å². The van der Waals surface area contributed by atoms with Crippen molar-refractivity contribution >= 4 is 39.0 Å². The number of nitrogens with zero attached hydrogens (tertiary/aromatic N) is 1. The van der Waals surface area contributed by atoms with E-state index in [0.29, 0.717) is 5.17 Å². The molecule has 0 atom stereocenters. The van der Waals surface area contributed by atoms with Crippen LogP contribution in [0.5, 0.6) is 0 Å². The van der Waals surface area contributed by atoms with Crippen molar-refractivity contribution in [1.82, 2.24) is 0 Å². The van der Waals surface area contributed by atoms with Crippen LogP contribution in [0.25, 0.3) is 0 Å². The maximum Gasteiger partial charge on any atom is 0.264 e. The molecule has 0 amide bonds. The molecule has 0 N–H and O–H groups in total. The summed E-state index contributed by atoms with van der Waals surface area (Å²) in [5.74, 6) is 0. The number of thiocarbonyl (C=S) groups is 1. The van der Waals surface area contributed by atoms with Crippen LogP contribution < -0.4 is 4.90 Å². The SMILES string of the molecule is CN1C(=S)OC(C)(C)c2cc(Br)ccc21. The molecular weight excluding hydrogens is 274 g/mol. The summed E-state index contributed by atoms with van der Waals surface area (Å²) in [5, 5.41) is 0.523. The monoisotopic (exact) mass is 285 g/mol. The van der Waals surface area contributed by atoms with E-state index in [1.807, 2.05) is 31.9 Å². The second-order valence-electron chi connectivity index (χ2n) is 4.10. The van der Waals surface area contributed by atoms with Gasteiger partial charge in [-0.25, -0.2) is 0 Å². The number of anilines is 1.